The zero-order valence-corrected chi connectivity index (χ0v) is 16.9. The maximum absolute atomic E-state index is 4.77. The molecule has 0 saturated heterocycles. The monoisotopic (exact) mass is 346 g/mol. The molecule has 0 N–H and O–H groups in total. The van der Waals surface area contributed by atoms with Crippen molar-refractivity contribution < 1.29 is 0 Å². The Morgan fingerprint density at radius 1 is 0.962 bits per heavy atom. The minimum Gasteiger partial charge on any atom is -0.299 e. The fraction of sp³-hybridized carbons (Fsp3) is 0.375. The highest BCUT2D eigenvalue weighted by Crippen LogP contribution is 2.38. The van der Waals surface area contributed by atoms with Crippen LogP contribution >= 0.6 is 0 Å². The zero-order valence-electron chi connectivity index (χ0n) is 16.9. The van der Waals surface area contributed by atoms with Crippen LogP contribution in [0.5, 0.6) is 0 Å². The highest BCUT2D eigenvalue weighted by atomic mass is 15.1. The van der Waals surface area contributed by atoms with Crippen LogP contribution in [0.3, 0.4) is 0 Å². The molecular formula is C24H30N2. The van der Waals surface area contributed by atoms with Crippen molar-refractivity contribution in [1.29, 1.82) is 0 Å². The third-order valence-electron chi connectivity index (χ3n) is 5.90. The molecule has 136 valence electrons. The van der Waals surface area contributed by atoms with Gasteiger partial charge in [-0.3, -0.25) is 4.57 Å². The number of aromatic nitrogens is 2. The molecule has 0 amide bonds. The van der Waals surface area contributed by atoms with Crippen LogP contribution in [0.4, 0.5) is 0 Å². The van der Waals surface area contributed by atoms with Gasteiger partial charge in [0.1, 0.15) is 5.82 Å². The van der Waals surface area contributed by atoms with E-state index in [0.717, 1.165) is 18.7 Å². The number of aryl methyl sites for hydroxylation is 3. The van der Waals surface area contributed by atoms with Crippen molar-refractivity contribution >= 4 is 0 Å². The number of rotatable bonds is 5. The lowest BCUT2D eigenvalue weighted by Gasteiger charge is -2.30. The lowest BCUT2D eigenvalue weighted by molar-refractivity contribution is 0.440. The van der Waals surface area contributed by atoms with Gasteiger partial charge in [-0.15, -0.1) is 0 Å². The van der Waals surface area contributed by atoms with Crippen LogP contribution in [0, 0.1) is 20.8 Å². The van der Waals surface area contributed by atoms with Gasteiger partial charge in [0.15, 0.2) is 0 Å². The first kappa shape index (κ1) is 18.4. The fourth-order valence-corrected chi connectivity index (χ4v) is 4.07. The summed E-state index contributed by atoms with van der Waals surface area (Å²) in [5.74, 6) is 1.03. The maximum Gasteiger partial charge on any atom is 0.144 e. The molecule has 1 aromatic heterocycles. The van der Waals surface area contributed by atoms with E-state index < -0.39 is 0 Å². The SMILES string of the molecule is CCC(C)(CC)c1ccccc1-c1nccn1-c1c(C)cc(C)cc1C. The summed E-state index contributed by atoms with van der Waals surface area (Å²) in [6.07, 6.45) is 6.24. The molecular weight excluding hydrogens is 316 g/mol. The number of imidazole rings is 1. The normalized spacial score (nSPS) is 11.8. The van der Waals surface area contributed by atoms with Crippen LogP contribution < -0.4 is 0 Å². The van der Waals surface area contributed by atoms with E-state index >= 15 is 0 Å². The Hall–Kier alpha value is -2.35. The Bertz CT molecular complexity index is 890. The largest absolute Gasteiger partial charge is 0.299 e. The van der Waals surface area contributed by atoms with Crippen LogP contribution in [0.2, 0.25) is 0 Å². The van der Waals surface area contributed by atoms with Crippen molar-refractivity contribution in [3.8, 4) is 17.1 Å². The van der Waals surface area contributed by atoms with E-state index in [2.05, 4.69) is 88.7 Å². The van der Waals surface area contributed by atoms with Crippen molar-refractivity contribution in [1.82, 2.24) is 9.55 Å². The van der Waals surface area contributed by atoms with Crippen LogP contribution in [0.15, 0.2) is 48.8 Å². The summed E-state index contributed by atoms with van der Waals surface area (Å²) >= 11 is 0. The van der Waals surface area contributed by atoms with Gasteiger partial charge < -0.3 is 0 Å². The molecule has 0 saturated carbocycles. The van der Waals surface area contributed by atoms with Crippen LogP contribution in [-0.4, -0.2) is 9.55 Å². The van der Waals surface area contributed by atoms with E-state index in [1.807, 2.05) is 6.20 Å². The van der Waals surface area contributed by atoms with Crippen molar-refractivity contribution in [2.45, 2.75) is 59.8 Å². The predicted molar refractivity (Wildman–Crippen MR) is 111 cm³/mol. The second kappa shape index (κ2) is 7.11. The summed E-state index contributed by atoms with van der Waals surface area (Å²) in [5, 5.41) is 0. The van der Waals surface area contributed by atoms with Gasteiger partial charge in [-0.25, -0.2) is 4.98 Å². The summed E-state index contributed by atoms with van der Waals surface area (Å²) in [6, 6.07) is 13.3. The fourth-order valence-electron chi connectivity index (χ4n) is 4.07. The van der Waals surface area contributed by atoms with Crippen LogP contribution in [-0.2, 0) is 5.41 Å². The van der Waals surface area contributed by atoms with E-state index in [1.165, 1.54) is 33.5 Å². The molecule has 0 atom stereocenters. The molecule has 26 heavy (non-hydrogen) atoms. The van der Waals surface area contributed by atoms with Gasteiger partial charge in [0.25, 0.3) is 0 Å². The van der Waals surface area contributed by atoms with E-state index in [1.54, 1.807) is 0 Å². The minimum atomic E-state index is 0.157. The second-order valence-electron chi connectivity index (χ2n) is 7.68. The van der Waals surface area contributed by atoms with Crippen LogP contribution in [0.1, 0.15) is 55.9 Å². The molecule has 0 aliphatic rings. The standard InChI is InChI=1S/C24H30N2/c1-7-24(6,8-2)21-12-10-9-11-20(21)23-25-13-14-26(23)22-18(4)15-17(3)16-19(22)5/h9-16H,7-8H2,1-6H3. The molecule has 0 radical (unpaired) electrons. The summed E-state index contributed by atoms with van der Waals surface area (Å²) in [5.41, 5.74) is 7.90. The molecule has 0 spiro atoms. The molecule has 0 aliphatic heterocycles. The van der Waals surface area contributed by atoms with E-state index in [4.69, 9.17) is 4.98 Å². The maximum atomic E-state index is 4.77. The topological polar surface area (TPSA) is 17.8 Å². The number of benzene rings is 2. The third kappa shape index (κ3) is 3.09. The number of hydrogen-bond acceptors (Lipinski definition) is 1. The average Bonchev–Trinajstić information content (AvgIpc) is 3.09. The molecule has 0 fully saturated rings. The first-order valence-corrected chi connectivity index (χ1v) is 9.62. The zero-order chi connectivity index (χ0) is 18.9. The molecule has 0 unspecified atom stereocenters. The molecule has 1 heterocycles. The lowest BCUT2D eigenvalue weighted by Crippen LogP contribution is -2.21. The minimum absolute atomic E-state index is 0.157. The van der Waals surface area contributed by atoms with Gasteiger partial charge >= 0.3 is 0 Å². The molecule has 3 aromatic rings. The van der Waals surface area contributed by atoms with Crippen molar-refractivity contribution in [3.05, 3.63) is 71.0 Å². The van der Waals surface area contributed by atoms with Gasteiger partial charge in [0.2, 0.25) is 0 Å². The molecule has 0 bridgehead atoms. The van der Waals surface area contributed by atoms with E-state index in [9.17, 15) is 0 Å². The highest BCUT2D eigenvalue weighted by molar-refractivity contribution is 5.66. The van der Waals surface area contributed by atoms with Crippen molar-refractivity contribution in [3.63, 3.8) is 0 Å². The van der Waals surface area contributed by atoms with Gasteiger partial charge in [-0.2, -0.15) is 0 Å². The van der Waals surface area contributed by atoms with Gasteiger partial charge in [0.05, 0.1) is 5.69 Å². The predicted octanol–water partition coefficient (Wildman–Crippen LogP) is 6.54. The van der Waals surface area contributed by atoms with Gasteiger partial charge in [-0.1, -0.05) is 62.7 Å². The quantitative estimate of drug-likeness (QED) is 0.512. The van der Waals surface area contributed by atoms with E-state index in [0.29, 0.717) is 0 Å². The Morgan fingerprint density at radius 3 is 2.19 bits per heavy atom. The Balaban J connectivity index is 2.24. The summed E-state index contributed by atoms with van der Waals surface area (Å²) < 4.78 is 2.26. The molecule has 0 aliphatic carbocycles. The van der Waals surface area contributed by atoms with Crippen LogP contribution in [0.25, 0.3) is 17.1 Å². The number of nitrogens with zero attached hydrogens (tertiary/aromatic N) is 2. The van der Waals surface area contributed by atoms with Crippen molar-refractivity contribution in [2.75, 3.05) is 0 Å². The second-order valence-corrected chi connectivity index (χ2v) is 7.68. The smallest absolute Gasteiger partial charge is 0.144 e. The highest BCUT2D eigenvalue weighted by Gasteiger charge is 2.27. The van der Waals surface area contributed by atoms with Gasteiger partial charge in [0, 0.05) is 18.0 Å². The molecule has 3 rings (SSSR count). The first-order chi connectivity index (χ1) is 12.4. The summed E-state index contributed by atoms with van der Waals surface area (Å²) in [4.78, 5) is 4.77. The Kier molecular flexibility index (Phi) is 5.04. The number of hydrogen-bond donors (Lipinski definition) is 0. The Labute approximate surface area is 157 Å². The first-order valence-electron chi connectivity index (χ1n) is 9.62. The third-order valence-corrected chi connectivity index (χ3v) is 5.90. The Morgan fingerprint density at radius 2 is 1.58 bits per heavy atom. The summed E-state index contributed by atoms with van der Waals surface area (Å²) in [6.45, 7) is 13.5. The molecule has 2 aromatic carbocycles. The van der Waals surface area contributed by atoms with Crippen molar-refractivity contribution in [2.24, 2.45) is 0 Å². The van der Waals surface area contributed by atoms with Gasteiger partial charge in [-0.05, 0) is 55.7 Å². The average molecular weight is 347 g/mol. The summed E-state index contributed by atoms with van der Waals surface area (Å²) in [7, 11) is 0. The van der Waals surface area contributed by atoms with E-state index in [-0.39, 0.29) is 5.41 Å². The molecule has 2 nitrogen and oxygen atoms in total. The lowest BCUT2D eigenvalue weighted by atomic mass is 9.75. The molecule has 2 heteroatoms.